The van der Waals surface area contributed by atoms with Crippen molar-refractivity contribution in [1.29, 1.82) is 0 Å². The van der Waals surface area contributed by atoms with Crippen molar-refractivity contribution in [3.05, 3.63) is 53.6 Å². The molecule has 15 nitrogen and oxygen atoms in total. The van der Waals surface area contributed by atoms with Crippen LogP contribution in [0.4, 0.5) is 0 Å². The van der Waals surface area contributed by atoms with Gasteiger partial charge in [-0.25, -0.2) is 9.59 Å². The molecule has 4 aliphatic heterocycles. The van der Waals surface area contributed by atoms with Crippen LogP contribution in [0.3, 0.4) is 0 Å². The molecule has 2 aromatic carbocycles. The highest BCUT2D eigenvalue weighted by Crippen LogP contribution is 2.81. The monoisotopic (exact) mass is 632 g/mol. The number of benzene rings is 2. The molecule has 4 saturated heterocycles. The molecule has 0 amide bonds. The fourth-order valence-electron chi connectivity index (χ4n) is 7.92. The van der Waals surface area contributed by atoms with Gasteiger partial charge in [-0.3, -0.25) is 0 Å². The predicted molar refractivity (Wildman–Crippen MR) is 143 cm³/mol. The lowest BCUT2D eigenvalue weighted by Gasteiger charge is -2.67. The molecule has 0 spiro atoms. The molecule has 7 aliphatic rings. The van der Waals surface area contributed by atoms with Gasteiger partial charge >= 0.3 is 11.9 Å². The zero-order chi connectivity index (χ0) is 32.1. The molecule has 15 heteroatoms. The van der Waals surface area contributed by atoms with E-state index < -0.39 is 107 Å². The van der Waals surface area contributed by atoms with Gasteiger partial charge in [-0.15, -0.1) is 0 Å². The molecule has 3 saturated carbocycles. The first kappa shape index (κ1) is 30.1. The fraction of sp³-hybridized carbons (Fsp3) is 0.533. The van der Waals surface area contributed by atoms with E-state index in [1.165, 1.54) is 0 Å². The van der Waals surface area contributed by atoms with Crippen molar-refractivity contribution in [3.8, 4) is 17.2 Å². The lowest BCUT2D eigenvalue weighted by atomic mass is 9.41. The van der Waals surface area contributed by atoms with Crippen LogP contribution in [0.25, 0.3) is 0 Å². The third kappa shape index (κ3) is 3.99. The van der Waals surface area contributed by atoms with Crippen molar-refractivity contribution in [3.63, 3.8) is 0 Å². The zero-order valence-electron chi connectivity index (χ0n) is 23.8. The molecule has 0 aromatic heterocycles. The number of phenols is 3. The van der Waals surface area contributed by atoms with Crippen LogP contribution in [-0.4, -0.2) is 115 Å². The minimum atomic E-state index is -1.85. The van der Waals surface area contributed by atoms with Gasteiger partial charge in [-0.1, -0.05) is 18.2 Å². The summed E-state index contributed by atoms with van der Waals surface area (Å²) in [7, 11) is 0. The molecular weight excluding hydrogens is 600 g/mol. The number of phenolic OH excluding ortho intramolecular Hbond substituents is 3. The average Bonchev–Trinajstić information content (AvgIpc) is 3.20. The first-order valence-electron chi connectivity index (χ1n) is 14.4. The number of aliphatic hydroxyl groups is 4. The molecule has 7 N–H and O–H groups in total. The van der Waals surface area contributed by atoms with E-state index in [0.717, 1.165) is 12.1 Å². The molecule has 242 valence electrons. The predicted octanol–water partition coefficient (Wildman–Crippen LogP) is -0.376. The van der Waals surface area contributed by atoms with E-state index in [1.54, 1.807) is 37.3 Å². The van der Waals surface area contributed by atoms with Crippen LogP contribution in [0.15, 0.2) is 42.5 Å². The second kappa shape index (κ2) is 9.98. The topological polar surface area (TPSA) is 231 Å². The number of aromatic hydroxyl groups is 3. The van der Waals surface area contributed by atoms with Crippen LogP contribution in [0, 0.1) is 11.3 Å². The van der Waals surface area contributed by atoms with E-state index >= 15 is 0 Å². The Hall–Kier alpha value is -3.54. The van der Waals surface area contributed by atoms with Crippen LogP contribution in [-0.2, 0) is 28.4 Å². The Bertz CT molecular complexity index is 1510. The maximum atomic E-state index is 12.9. The smallest absolute Gasteiger partial charge is 0.338 e. The Balaban J connectivity index is 1.13. The van der Waals surface area contributed by atoms with E-state index in [2.05, 4.69) is 0 Å². The van der Waals surface area contributed by atoms with Crippen LogP contribution in [0.5, 0.6) is 17.2 Å². The second-order valence-corrected chi connectivity index (χ2v) is 12.4. The summed E-state index contributed by atoms with van der Waals surface area (Å²) in [4.78, 5) is 25.7. The number of hydrogen-bond acceptors (Lipinski definition) is 15. The molecule has 45 heavy (non-hydrogen) atoms. The molecule has 2 aromatic rings. The summed E-state index contributed by atoms with van der Waals surface area (Å²) in [5, 5.41) is 72.7. The van der Waals surface area contributed by atoms with Crippen molar-refractivity contribution >= 4 is 11.9 Å². The maximum absolute atomic E-state index is 12.9. The standard InChI is InChI=1S/C30H32O15/c1-27-11-29(39)18-9-30(27,28(18,26(44-27)45-29)12-40-23(37)13-5-3-2-4-6-13)43-25-21(36)20(35)22(17(10-31)41-25)42-24(38)14-7-15(32)19(34)16(33)8-14/h2-8,17-18,20-22,25-26,31-36,39H,9-12H2,1H3/t17-,18-,20-,21-,22-,25+,26-,27+,28+,29-,30+/m1/s1. The fourth-order valence-corrected chi connectivity index (χ4v) is 7.92. The number of carbonyl (C=O) groups is 2. The highest BCUT2D eigenvalue weighted by atomic mass is 16.8. The Morgan fingerprint density at radius 3 is 2.33 bits per heavy atom. The van der Waals surface area contributed by atoms with Crippen molar-refractivity contribution in [2.24, 2.45) is 11.3 Å². The van der Waals surface area contributed by atoms with E-state index in [1.807, 2.05) is 0 Å². The summed E-state index contributed by atoms with van der Waals surface area (Å²) in [5.74, 6) is -6.40. The average molecular weight is 633 g/mol. The molecule has 7 fully saturated rings. The lowest BCUT2D eigenvalue weighted by molar-refractivity contribution is -0.424. The third-order valence-electron chi connectivity index (χ3n) is 10.1. The largest absolute Gasteiger partial charge is 0.504 e. The molecule has 0 unspecified atom stereocenters. The first-order chi connectivity index (χ1) is 21.3. The molecule has 6 bridgehead atoms. The number of hydrogen-bond donors (Lipinski definition) is 7. The second-order valence-electron chi connectivity index (χ2n) is 12.4. The van der Waals surface area contributed by atoms with Crippen LogP contribution in [0.2, 0.25) is 0 Å². The van der Waals surface area contributed by atoms with Gasteiger partial charge in [0, 0.05) is 12.3 Å². The van der Waals surface area contributed by atoms with Crippen molar-refractivity contribution < 1.29 is 73.8 Å². The summed E-state index contributed by atoms with van der Waals surface area (Å²) in [6.07, 6.45) is -9.22. The van der Waals surface area contributed by atoms with E-state index in [-0.39, 0.29) is 19.4 Å². The molecule has 4 heterocycles. The van der Waals surface area contributed by atoms with Crippen LogP contribution >= 0.6 is 0 Å². The molecule has 9 rings (SSSR count). The summed E-state index contributed by atoms with van der Waals surface area (Å²) in [5.41, 5.74) is -3.85. The highest BCUT2D eigenvalue weighted by molar-refractivity contribution is 5.91. The van der Waals surface area contributed by atoms with Gasteiger partial charge in [0.2, 0.25) is 0 Å². The number of esters is 2. The van der Waals surface area contributed by atoms with E-state index in [0.29, 0.717) is 5.56 Å². The van der Waals surface area contributed by atoms with Crippen molar-refractivity contribution in [1.82, 2.24) is 0 Å². The Labute approximate surface area is 255 Å². The van der Waals surface area contributed by atoms with Gasteiger partial charge < -0.3 is 64.2 Å². The van der Waals surface area contributed by atoms with E-state index in [4.69, 9.17) is 28.4 Å². The van der Waals surface area contributed by atoms with Crippen LogP contribution in [0.1, 0.15) is 40.5 Å². The van der Waals surface area contributed by atoms with Gasteiger partial charge in [0.15, 0.2) is 41.7 Å². The molecule has 0 radical (unpaired) electrons. The first-order valence-corrected chi connectivity index (χ1v) is 14.4. The highest BCUT2D eigenvalue weighted by Gasteiger charge is 2.94. The van der Waals surface area contributed by atoms with Gasteiger partial charge in [-0.05, 0) is 37.6 Å². The summed E-state index contributed by atoms with van der Waals surface area (Å²) < 4.78 is 35.5. The zero-order valence-corrected chi connectivity index (χ0v) is 23.8. The molecular formula is C30H32O15. The minimum absolute atomic E-state index is 0.00307. The minimum Gasteiger partial charge on any atom is -0.504 e. The van der Waals surface area contributed by atoms with E-state index in [9.17, 15) is 45.3 Å². The molecule has 11 atom stereocenters. The lowest BCUT2D eigenvalue weighted by Crippen LogP contribution is -2.80. The third-order valence-corrected chi connectivity index (χ3v) is 10.1. The summed E-state index contributed by atoms with van der Waals surface area (Å²) in [6.45, 7) is 0.642. The Kier molecular flexibility index (Phi) is 6.68. The van der Waals surface area contributed by atoms with Gasteiger partial charge in [0.05, 0.1) is 23.1 Å². The number of aliphatic hydroxyl groups excluding tert-OH is 3. The Morgan fingerprint density at radius 1 is 0.978 bits per heavy atom. The van der Waals surface area contributed by atoms with Crippen molar-refractivity contribution in [2.45, 2.75) is 73.8 Å². The quantitative estimate of drug-likeness (QED) is 0.145. The van der Waals surface area contributed by atoms with Gasteiger partial charge in [-0.2, -0.15) is 0 Å². The number of ether oxygens (including phenoxy) is 6. The summed E-state index contributed by atoms with van der Waals surface area (Å²) in [6, 6.07) is 9.94. The van der Waals surface area contributed by atoms with Crippen molar-refractivity contribution in [2.75, 3.05) is 13.2 Å². The number of carbonyl (C=O) groups excluding carboxylic acids is 2. The van der Waals surface area contributed by atoms with Crippen LogP contribution < -0.4 is 0 Å². The summed E-state index contributed by atoms with van der Waals surface area (Å²) >= 11 is 0. The SMILES string of the molecule is C[C@@]12C[C@@]3(O)O[C@@H](O1)[C@]1(COC(=O)c4ccccc4)[C@H]3C[C@@]12O[C@@H]1O[C@H](CO)[C@@H](OC(=O)c2cc(O)c(O)c(O)c2)[C@H](O)[C@H]1O. The maximum Gasteiger partial charge on any atom is 0.338 e. The van der Waals surface area contributed by atoms with Gasteiger partial charge in [0.1, 0.15) is 36.1 Å². The molecule has 3 aliphatic carbocycles. The Morgan fingerprint density at radius 2 is 1.67 bits per heavy atom. The number of rotatable bonds is 8. The van der Waals surface area contributed by atoms with Gasteiger partial charge in [0.25, 0.3) is 0 Å². The normalized spacial score (nSPS) is 42.3.